The Balaban J connectivity index is 2.17. The second kappa shape index (κ2) is 3.60. The van der Waals surface area contributed by atoms with Gasteiger partial charge in [0.1, 0.15) is 11.1 Å². The molecule has 6 heteroatoms. The van der Waals surface area contributed by atoms with Gasteiger partial charge in [-0.2, -0.15) is 0 Å². The smallest absolute Gasteiger partial charge is 0.411 e. The summed E-state index contributed by atoms with van der Waals surface area (Å²) in [5, 5.41) is 12.2. The number of likely N-dealkylation sites (tertiary alicyclic amines) is 1. The molecule has 0 aromatic heterocycles. The molecule has 0 aromatic carbocycles. The summed E-state index contributed by atoms with van der Waals surface area (Å²) in [6.45, 7) is 5.34. The molecule has 2 aliphatic heterocycles. The number of ether oxygens (including phenoxy) is 1. The zero-order valence-electron chi connectivity index (χ0n) is 10.3. The SMILES string of the molecule is CC(C)(C)OC(=O)N1CC2CC1(CO)C(=O)N2. The first-order chi connectivity index (χ1) is 7.78. The first-order valence-corrected chi connectivity index (χ1v) is 5.71. The van der Waals surface area contributed by atoms with E-state index in [1.807, 2.05) is 0 Å². The Bertz CT molecular complexity index is 363. The van der Waals surface area contributed by atoms with Crippen molar-refractivity contribution in [3.63, 3.8) is 0 Å². The van der Waals surface area contributed by atoms with Gasteiger partial charge in [-0.3, -0.25) is 9.69 Å². The van der Waals surface area contributed by atoms with E-state index in [-0.39, 0.29) is 18.6 Å². The fourth-order valence-corrected chi connectivity index (χ4v) is 2.40. The Morgan fingerprint density at radius 1 is 1.65 bits per heavy atom. The van der Waals surface area contributed by atoms with Gasteiger partial charge in [-0.05, 0) is 20.8 Å². The molecule has 2 atom stereocenters. The van der Waals surface area contributed by atoms with Crippen molar-refractivity contribution < 1.29 is 19.4 Å². The van der Waals surface area contributed by atoms with E-state index in [2.05, 4.69) is 5.32 Å². The molecular formula is C11H18N2O4. The first kappa shape index (κ1) is 12.2. The summed E-state index contributed by atoms with van der Waals surface area (Å²) in [6, 6.07) is -0.0674. The van der Waals surface area contributed by atoms with Crippen LogP contribution in [-0.2, 0) is 9.53 Å². The minimum Gasteiger partial charge on any atom is -0.444 e. The lowest BCUT2D eigenvalue weighted by atomic mass is 9.99. The Labute approximate surface area is 99.9 Å². The van der Waals surface area contributed by atoms with E-state index in [0.29, 0.717) is 13.0 Å². The van der Waals surface area contributed by atoms with Crippen LogP contribution in [-0.4, -0.2) is 52.3 Å². The second-order valence-electron chi connectivity index (χ2n) is 5.66. The van der Waals surface area contributed by atoms with Crippen molar-refractivity contribution in [3.8, 4) is 0 Å². The number of carbonyl (C=O) groups excluding carboxylic acids is 2. The minimum atomic E-state index is -1.12. The number of aliphatic hydroxyl groups is 1. The summed E-state index contributed by atoms with van der Waals surface area (Å²) in [7, 11) is 0. The molecule has 2 heterocycles. The number of nitrogens with one attached hydrogen (secondary N) is 1. The van der Waals surface area contributed by atoms with E-state index in [1.165, 1.54) is 4.90 Å². The Kier molecular flexibility index (Phi) is 2.57. The van der Waals surface area contributed by atoms with E-state index >= 15 is 0 Å². The van der Waals surface area contributed by atoms with Crippen LogP contribution in [0.3, 0.4) is 0 Å². The van der Waals surface area contributed by atoms with E-state index in [1.54, 1.807) is 20.8 Å². The molecule has 2 bridgehead atoms. The highest BCUT2D eigenvalue weighted by Gasteiger charge is 2.59. The van der Waals surface area contributed by atoms with Crippen LogP contribution in [0.25, 0.3) is 0 Å². The third-order valence-corrected chi connectivity index (χ3v) is 3.14. The van der Waals surface area contributed by atoms with Gasteiger partial charge in [0.25, 0.3) is 0 Å². The highest BCUT2D eigenvalue weighted by atomic mass is 16.6. The van der Waals surface area contributed by atoms with Gasteiger partial charge in [-0.1, -0.05) is 0 Å². The summed E-state index contributed by atoms with van der Waals surface area (Å²) < 4.78 is 5.25. The maximum Gasteiger partial charge on any atom is 0.411 e. The van der Waals surface area contributed by atoms with E-state index in [9.17, 15) is 14.7 Å². The lowest BCUT2D eigenvalue weighted by Gasteiger charge is -2.36. The number of hydrogen-bond acceptors (Lipinski definition) is 4. The number of rotatable bonds is 1. The molecule has 2 unspecified atom stereocenters. The van der Waals surface area contributed by atoms with Gasteiger partial charge in [0, 0.05) is 19.0 Å². The lowest BCUT2D eigenvalue weighted by Crippen LogP contribution is -2.61. The molecule has 2 N–H and O–H groups in total. The molecule has 6 nitrogen and oxygen atoms in total. The second-order valence-corrected chi connectivity index (χ2v) is 5.66. The predicted octanol–water partition coefficient (Wildman–Crippen LogP) is -0.143. The van der Waals surface area contributed by atoms with Crippen LogP contribution in [0.15, 0.2) is 0 Å². The maximum atomic E-state index is 12.0. The van der Waals surface area contributed by atoms with Gasteiger partial charge in [0.05, 0.1) is 6.61 Å². The molecule has 0 saturated carbocycles. The van der Waals surface area contributed by atoms with Crippen LogP contribution in [0.4, 0.5) is 4.79 Å². The van der Waals surface area contributed by atoms with Gasteiger partial charge in [0.15, 0.2) is 0 Å². The number of aliphatic hydroxyl groups excluding tert-OH is 1. The van der Waals surface area contributed by atoms with Gasteiger partial charge < -0.3 is 15.2 Å². The van der Waals surface area contributed by atoms with Crippen LogP contribution in [0, 0.1) is 0 Å². The molecule has 2 fully saturated rings. The number of carbonyl (C=O) groups is 2. The van der Waals surface area contributed by atoms with Crippen molar-refractivity contribution in [2.45, 2.75) is 44.4 Å². The van der Waals surface area contributed by atoms with Gasteiger partial charge >= 0.3 is 6.09 Å². The summed E-state index contributed by atoms with van der Waals surface area (Å²) in [5.74, 6) is -0.290. The van der Waals surface area contributed by atoms with Crippen LogP contribution in [0.1, 0.15) is 27.2 Å². The maximum absolute atomic E-state index is 12.0. The summed E-state index contributed by atoms with van der Waals surface area (Å²) in [5.41, 5.74) is -1.72. The van der Waals surface area contributed by atoms with Crippen molar-refractivity contribution in [2.75, 3.05) is 13.2 Å². The molecule has 0 aliphatic carbocycles. The molecule has 2 amide bonds. The number of amides is 2. The van der Waals surface area contributed by atoms with Crippen molar-refractivity contribution in [1.82, 2.24) is 10.2 Å². The van der Waals surface area contributed by atoms with Gasteiger partial charge in [-0.25, -0.2) is 4.79 Å². The fraction of sp³-hybridized carbons (Fsp3) is 0.818. The number of hydrogen-bond donors (Lipinski definition) is 2. The van der Waals surface area contributed by atoms with E-state index in [4.69, 9.17) is 4.74 Å². The quantitative estimate of drug-likeness (QED) is 0.670. The highest BCUT2D eigenvalue weighted by molar-refractivity contribution is 5.94. The lowest BCUT2D eigenvalue weighted by molar-refractivity contribution is -0.133. The predicted molar refractivity (Wildman–Crippen MR) is 59.3 cm³/mol. The molecular weight excluding hydrogens is 224 g/mol. The van der Waals surface area contributed by atoms with E-state index < -0.39 is 17.2 Å². The highest BCUT2D eigenvalue weighted by Crippen LogP contribution is 2.36. The third-order valence-electron chi connectivity index (χ3n) is 3.14. The fourth-order valence-electron chi connectivity index (χ4n) is 2.40. The molecule has 2 saturated heterocycles. The average molecular weight is 242 g/mol. The summed E-state index contributed by atoms with van der Waals surface area (Å²) >= 11 is 0. The summed E-state index contributed by atoms with van der Waals surface area (Å²) in [6.07, 6.45) is -0.0782. The van der Waals surface area contributed by atoms with Crippen molar-refractivity contribution in [1.29, 1.82) is 0 Å². The van der Waals surface area contributed by atoms with E-state index in [0.717, 1.165) is 0 Å². The summed E-state index contributed by atoms with van der Waals surface area (Å²) in [4.78, 5) is 25.1. The molecule has 0 aromatic rings. The standard InChI is InChI=1S/C11H18N2O4/c1-10(2,3)17-9(16)13-5-7-4-11(13,6-14)8(15)12-7/h7,14H,4-6H2,1-3H3,(H,12,15). The zero-order valence-corrected chi connectivity index (χ0v) is 10.3. The third kappa shape index (κ3) is 1.86. The number of fused-ring (bicyclic) bond motifs is 2. The molecule has 0 spiro atoms. The van der Waals surface area contributed by atoms with Gasteiger partial charge in [0.2, 0.25) is 5.91 Å². The Morgan fingerprint density at radius 2 is 2.29 bits per heavy atom. The van der Waals surface area contributed by atoms with Crippen LogP contribution in [0.2, 0.25) is 0 Å². The van der Waals surface area contributed by atoms with Crippen molar-refractivity contribution >= 4 is 12.0 Å². The molecule has 2 rings (SSSR count). The normalized spacial score (nSPS) is 31.6. The number of nitrogens with zero attached hydrogens (tertiary/aromatic N) is 1. The van der Waals surface area contributed by atoms with Crippen LogP contribution < -0.4 is 5.32 Å². The van der Waals surface area contributed by atoms with Gasteiger partial charge in [-0.15, -0.1) is 0 Å². The zero-order chi connectivity index (χ0) is 12.8. The number of piperazine rings is 1. The topological polar surface area (TPSA) is 78.9 Å². The molecule has 2 aliphatic rings. The molecule has 0 radical (unpaired) electrons. The Morgan fingerprint density at radius 3 is 2.76 bits per heavy atom. The van der Waals surface area contributed by atoms with Crippen molar-refractivity contribution in [3.05, 3.63) is 0 Å². The largest absolute Gasteiger partial charge is 0.444 e. The molecule has 96 valence electrons. The Hall–Kier alpha value is -1.30. The molecule has 17 heavy (non-hydrogen) atoms. The van der Waals surface area contributed by atoms with Crippen molar-refractivity contribution in [2.24, 2.45) is 0 Å². The minimum absolute atomic E-state index is 0.0674. The van der Waals surface area contributed by atoms with Crippen LogP contribution >= 0.6 is 0 Å². The first-order valence-electron chi connectivity index (χ1n) is 5.71. The monoisotopic (exact) mass is 242 g/mol. The van der Waals surface area contributed by atoms with Crippen LogP contribution in [0.5, 0.6) is 0 Å². The average Bonchev–Trinajstić information content (AvgIpc) is 2.69.